The molecule has 19 heavy (non-hydrogen) atoms. The van der Waals surface area contributed by atoms with Crippen LogP contribution in [0.4, 0.5) is 0 Å². The quantitative estimate of drug-likeness (QED) is 0.873. The van der Waals surface area contributed by atoms with Gasteiger partial charge in [0.05, 0.1) is 0 Å². The second-order valence-electron chi connectivity index (χ2n) is 5.29. The van der Waals surface area contributed by atoms with Gasteiger partial charge in [-0.05, 0) is 54.5 Å². The molecule has 0 bridgehead atoms. The number of amides is 1. The first kappa shape index (κ1) is 16.1. The molecule has 0 aliphatic carbocycles. The maximum atomic E-state index is 12.1. The van der Waals surface area contributed by atoms with Gasteiger partial charge < -0.3 is 10.2 Å². The predicted octanol–water partition coefficient (Wildman–Crippen LogP) is 2.55. The molecule has 0 fully saturated rings. The standard InChI is InChI=1S/C14H22BrN3O/c1-10(2)8-11(18(3)4)9-17-14(19)13-12(15)6-5-7-16-13/h5-7,10-11H,8-9H2,1-4H3,(H,17,19). The van der Waals surface area contributed by atoms with Crippen molar-refractivity contribution in [2.45, 2.75) is 26.3 Å². The molecule has 1 aromatic heterocycles. The normalized spacial score (nSPS) is 12.8. The van der Waals surface area contributed by atoms with E-state index >= 15 is 0 Å². The lowest BCUT2D eigenvalue weighted by atomic mass is 10.0. The van der Waals surface area contributed by atoms with Crippen LogP contribution in [0, 0.1) is 5.92 Å². The summed E-state index contributed by atoms with van der Waals surface area (Å²) in [7, 11) is 4.08. The topological polar surface area (TPSA) is 45.2 Å². The Morgan fingerprint density at radius 1 is 1.47 bits per heavy atom. The smallest absolute Gasteiger partial charge is 0.271 e. The van der Waals surface area contributed by atoms with Gasteiger partial charge in [0.25, 0.3) is 5.91 Å². The Kier molecular flexibility index (Phi) is 6.45. The zero-order valence-corrected chi connectivity index (χ0v) is 13.6. The SMILES string of the molecule is CC(C)CC(CNC(=O)c1ncccc1Br)N(C)C. The number of hydrogen-bond donors (Lipinski definition) is 1. The second-order valence-corrected chi connectivity index (χ2v) is 6.15. The molecule has 4 nitrogen and oxygen atoms in total. The molecular weight excluding hydrogens is 306 g/mol. The van der Waals surface area contributed by atoms with Gasteiger partial charge in [0, 0.05) is 23.3 Å². The largest absolute Gasteiger partial charge is 0.349 e. The van der Waals surface area contributed by atoms with Crippen LogP contribution in [0.15, 0.2) is 22.8 Å². The van der Waals surface area contributed by atoms with Crippen LogP contribution < -0.4 is 5.32 Å². The first-order valence-corrected chi connectivity index (χ1v) is 7.26. The highest BCUT2D eigenvalue weighted by Gasteiger charge is 2.16. The van der Waals surface area contributed by atoms with Crippen molar-refractivity contribution < 1.29 is 4.79 Å². The van der Waals surface area contributed by atoms with Crippen molar-refractivity contribution in [1.29, 1.82) is 0 Å². The number of carbonyl (C=O) groups is 1. The van der Waals surface area contributed by atoms with Crippen molar-refractivity contribution in [1.82, 2.24) is 15.2 Å². The Labute approximate surface area is 123 Å². The van der Waals surface area contributed by atoms with Crippen LogP contribution >= 0.6 is 15.9 Å². The lowest BCUT2D eigenvalue weighted by Gasteiger charge is -2.26. The molecule has 0 spiro atoms. The summed E-state index contributed by atoms with van der Waals surface area (Å²) in [5, 5.41) is 2.95. The molecule has 0 aliphatic rings. The summed E-state index contributed by atoms with van der Waals surface area (Å²) in [6, 6.07) is 3.95. The van der Waals surface area contributed by atoms with Crippen LogP contribution in [0.2, 0.25) is 0 Å². The number of carbonyl (C=O) groups excluding carboxylic acids is 1. The van der Waals surface area contributed by atoms with Gasteiger partial charge in [-0.15, -0.1) is 0 Å². The van der Waals surface area contributed by atoms with Crippen molar-refractivity contribution in [2.75, 3.05) is 20.6 Å². The van der Waals surface area contributed by atoms with E-state index < -0.39 is 0 Å². The Bertz CT molecular complexity index is 421. The molecule has 0 saturated carbocycles. The van der Waals surface area contributed by atoms with Gasteiger partial charge in [-0.1, -0.05) is 13.8 Å². The van der Waals surface area contributed by atoms with Gasteiger partial charge in [0.15, 0.2) is 0 Å². The van der Waals surface area contributed by atoms with Crippen molar-refractivity contribution in [2.24, 2.45) is 5.92 Å². The summed E-state index contributed by atoms with van der Waals surface area (Å²) >= 11 is 3.34. The first-order chi connectivity index (χ1) is 8.91. The average molecular weight is 328 g/mol. The second kappa shape index (κ2) is 7.60. The van der Waals surface area contributed by atoms with Crippen LogP contribution in [0.3, 0.4) is 0 Å². The highest BCUT2D eigenvalue weighted by molar-refractivity contribution is 9.10. The van der Waals surface area contributed by atoms with E-state index in [4.69, 9.17) is 0 Å². The molecule has 106 valence electrons. The Morgan fingerprint density at radius 2 is 2.16 bits per heavy atom. The molecule has 5 heteroatoms. The van der Waals surface area contributed by atoms with E-state index in [-0.39, 0.29) is 5.91 Å². The third-order valence-corrected chi connectivity index (χ3v) is 3.59. The van der Waals surface area contributed by atoms with Crippen LogP contribution in [0.25, 0.3) is 0 Å². The van der Waals surface area contributed by atoms with Crippen molar-refractivity contribution in [3.8, 4) is 0 Å². The summed E-state index contributed by atoms with van der Waals surface area (Å²) in [6.45, 7) is 5.01. The zero-order chi connectivity index (χ0) is 14.4. The minimum atomic E-state index is -0.136. The van der Waals surface area contributed by atoms with Crippen LogP contribution in [0.1, 0.15) is 30.8 Å². The molecule has 1 heterocycles. The molecule has 1 atom stereocenters. The third kappa shape index (κ3) is 5.28. The van der Waals surface area contributed by atoms with Crippen molar-refractivity contribution >= 4 is 21.8 Å². The molecule has 1 amide bonds. The molecule has 0 saturated heterocycles. The third-order valence-electron chi connectivity index (χ3n) is 2.95. The van der Waals surface area contributed by atoms with Crippen LogP contribution in [-0.2, 0) is 0 Å². The number of rotatable bonds is 6. The van der Waals surface area contributed by atoms with Gasteiger partial charge in [0.1, 0.15) is 5.69 Å². The number of nitrogens with zero attached hydrogens (tertiary/aromatic N) is 2. The highest BCUT2D eigenvalue weighted by Crippen LogP contribution is 2.13. The zero-order valence-electron chi connectivity index (χ0n) is 12.0. The van der Waals surface area contributed by atoms with Gasteiger partial charge >= 0.3 is 0 Å². The fraction of sp³-hybridized carbons (Fsp3) is 0.571. The van der Waals surface area contributed by atoms with E-state index in [2.05, 4.69) is 45.0 Å². The Morgan fingerprint density at radius 3 is 2.68 bits per heavy atom. The number of nitrogens with one attached hydrogen (secondary N) is 1. The summed E-state index contributed by atoms with van der Waals surface area (Å²) in [5.41, 5.74) is 0.435. The molecule has 1 N–H and O–H groups in total. The molecule has 1 rings (SSSR count). The average Bonchev–Trinajstić information content (AvgIpc) is 2.34. The molecule has 0 aromatic carbocycles. The number of hydrogen-bond acceptors (Lipinski definition) is 3. The monoisotopic (exact) mass is 327 g/mol. The van der Waals surface area contributed by atoms with Gasteiger partial charge in [-0.2, -0.15) is 0 Å². The lowest BCUT2D eigenvalue weighted by molar-refractivity contribution is 0.0932. The Hall–Kier alpha value is -0.940. The fourth-order valence-corrected chi connectivity index (χ4v) is 2.30. The molecular formula is C14H22BrN3O. The minimum absolute atomic E-state index is 0.136. The van der Waals surface area contributed by atoms with E-state index in [0.717, 1.165) is 10.9 Å². The number of aromatic nitrogens is 1. The molecule has 0 aliphatic heterocycles. The maximum absolute atomic E-state index is 12.1. The van der Waals surface area contributed by atoms with Gasteiger partial charge in [0.2, 0.25) is 0 Å². The fourth-order valence-electron chi connectivity index (χ4n) is 1.87. The number of likely N-dealkylation sites (N-methyl/N-ethyl adjacent to an activating group) is 1. The number of pyridine rings is 1. The summed E-state index contributed by atoms with van der Waals surface area (Å²) in [5.74, 6) is 0.467. The molecule has 0 radical (unpaired) electrons. The van der Waals surface area contributed by atoms with E-state index in [0.29, 0.717) is 24.2 Å². The molecule has 1 aromatic rings. The van der Waals surface area contributed by atoms with E-state index in [1.165, 1.54) is 0 Å². The summed E-state index contributed by atoms with van der Waals surface area (Å²) in [4.78, 5) is 18.3. The lowest BCUT2D eigenvalue weighted by Crippen LogP contribution is -2.41. The minimum Gasteiger partial charge on any atom is -0.349 e. The summed E-state index contributed by atoms with van der Waals surface area (Å²) in [6.07, 6.45) is 2.67. The van der Waals surface area contributed by atoms with E-state index in [1.54, 1.807) is 12.3 Å². The van der Waals surface area contributed by atoms with E-state index in [9.17, 15) is 4.79 Å². The predicted molar refractivity (Wildman–Crippen MR) is 81.2 cm³/mol. The molecule has 1 unspecified atom stereocenters. The van der Waals surface area contributed by atoms with Gasteiger partial charge in [-0.25, -0.2) is 4.98 Å². The highest BCUT2D eigenvalue weighted by atomic mass is 79.9. The maximum Gasteiger partial charge on any atom is 0.271 e. The van der Waals surface area contributed by atoms with Gasteiger partial charge in [-0.3, -0.25) is 4.79 Å². The van der Waals surface area contributed by atoms with Crippen LogP contribution in [-0.4, -0.2) is 42.5 Å². The van der Waals surface area contributed by atoms with Crippen LogP contribution in [0.5, 0.6) is 0 Å². The van der Waals surface area contributed by atoms with Crippen molar-refractivity contribution in [3.05, 3.63) is 28.5 Å². The summed E-state index contributed by atoms with van der Waals surface area (Å²) < 4.78 is 0.720. The first-order valence-electron chi connectivity index (χ1n) is 6.47. The van der Waals surface area contributed by atoms with Crippen molar-refractivity contribution in [3.63, 3.8) is 0 Å². The van der Waals surface area contributed by atoms with E-state index in [1.807, 2.05) is 20.2 Å². The Balaban J connectivity index is 2.60. The number of halogens is 1.